The second kappa shape index (κ2) is 7.24. The van der Waals surface area contributed by atoms with Crippen LogP contribution in [0.1, 0.15) is 36.9 Å². The monoisotopic (exact) mass is 327 g/mol. The van der Waals surface area contributed by atoms with Gasteiger partial charge in [0.1, 0.15) is 11.5 Å². The van der Waals surface area contributed by atoms with Crippen molar-refractivity contribution in [2.24, 2.45) is 0 Å². The molecule has 2 unspecified atom stereocenters. The quantitative estimate of drug-likeness (QED) is 0.884. The molecule has 0 saturated heterocycles. The summed E-state index contributed by atoms with van der Waals surface area (Å²) in [6.07, 6.45) is 1.94. The van der Waals surface area contributed by atoms with Crippen molar-refractivity contribution in [2.45, 2.75) is 31.4 Å². The number of hydrogen-bond donors (Lipinski definition) is 2. The van der Waals surface area contributed by atoms with Crippen LogP contribution in [0.4, 0.5) is 0 Å². The molecule has 0 bridgehead atoms. The van der Waals surface area contributed by atoms with Gasteiger partial charge in [-0.1, -0.05) is 30.3 Å². The predicted molar refractivity (Wildman–Crippen MR) is 94.5 cm³/mol. The third kappa shape index (κ3) is 3.71. The van der Waals surface area contributed by atoms with Gasteiger partial charge >= 0.3 is 0 Å². The SMILES string of the molecule is COc1ccc2c(c1)C(NCC(C)(O)c1ccccc1)CCCO2. The standard InChI is InChI=1S/C20H25NO3/c1-20(22,15-7-4-3-5-8-15)14-21-18-9-6-12-24-19-11-10-16(23-2)13-17(18)19/h3-5,7-8,10-11,13,18,21-22H,6,9,12,14H2,1-2H3. The lowest BCUT2D eigenvalue weighted by Gasteiger charge is -2.28. The first-order chi connectivity index (χ1) is 11.6. The minimum absolute atomic E-state index is 0.132. The first kappa shape index (κ1) is 16.8. The molecule has 4 heteroatoms. The molecule has 0 amide bonds. The Morgan fingerprint density at radius 2 is 2.04 bits per heavy atom. The van der Waals surface area contributed by atoms with Gasteiger partial charge in [-0.15, -0.1) is 0 Å². The van der Waals surface area contributed by atoms with Crippen molar-refractivity contribution < 1.29 is 14.6 Å². The Kier molecular flexibility index (Phi) is 5.07. The first-order valence-corrected chi connectivity index (χ1v) is 8.42. The second-order valence-corrected chi connectivity index (χ2v) is 6.47. The fourth-order valence-electron chi connectivity index (χ4n) is 3.12. The van der Waals surface area contributed by atoms with Gasteiger partial charge in [-0.25, -0.2) is 0 Å². The molecule has 0 spiro atoms. The van der Waals surface area contributed by atoms with E-state index >= 15 is 0 Å². The lowest BCUT2D eigenvalue weighted by Crippen LogP contribution is -2.37. The van der Waals surface area contributed by atoms with Crippen LogP contribution in [0, 0.1) is 0 Å². The van der Waals surface area contributed by atoms with Gasteiger partial charge < -0.3 is 19.9 Å². The molecule has 1 aliphatic rings. The molecule has 2 aromatic carbocycles. The maximum atomic E-state index is 10.8. The Bertz CT molecular complexity index is 670. The number of hydrogen-bond acceptors (Lipinski definition) is 4. The zero-order chi connectivity index (χ0) is 17.0. The summed E-state index contributed by atoms with van der Waals surface area (Å²) < 4.78 is 11.2. The van der Waals surface area contributed by atoms with E-state index in [-0.39, 0.29) is 6.04 Å². The van der Waals surface area contributed by atoms with E-state index in [4.69, 9.17) is 9.47 Å². The Hall–Kier alpha value is -2.04. The summed E-state index contributed by atoms with van der Waals surface area (Å²) in [5, 5.41) is 14.3. The lowest BCUT2D eigenvalue weighted by molar-refractivity contribution is 0.0534. The van der Waals surface area contributed by atoms with Crippen LogP contribution >= 0.6 is 0 Å². The summed E-state index contributed by atoms with van der Waals surface area (Å²) in [4.78, 5) is 0. The third-order valence-electron chi connectivity index (χ3n) is 4.58. The van der Waals surface area contributed by atoms with E-state index in [1.54, 1.807) is 7.11 Å². The first-order valence-electron chi connectivity index (χ1n) is 8.42. The summed E-state index contributed by atoms with van der Waals surface area (Å²) in [6.45, 7) is 3.03. The van der Waals surface area contributed by atoms with Gasteiger partial charge in [0.25, 0.3) is 0 Å². The van der Waals surface area contributed by atoms with Crippen molar-refractivity contribution in [3.8, 4) is 11.5 Å². The molecule has 1 aliphatic heterocycles. The molecule has 4 nitrogen and oxygen atoms in total. The highest BCUT2D eigenvalue weighted by Gasteiger charge is 2.26. The van der Waals surface area contributed by atoms with Crippen LogP contribution in [-0.2, 0) is 5.60 Å². The number of methoxy groups -OCH3 is 1. The fraction of sp³-hybridized carbons (Fsp3) is 0.400. The highest BCUT2D eigenvalue weighted by molar-refractivity contribution is 5.43. The normalized spacial score (nSPS) is 19.5. The Morgan fingerprint density at radius 3 is 2.79 bits per heavy atom. The molecular weight excluding hydrogens is 302 g/mol. The van der Waals surface area contributed by atoms with Crippen LogP contribution in [0.2, 0.25) is 0 Å². The van der Waals surface area contributed by atoms with Crippen molar-refractivity contribution in [1.29, 1.82) is 0 Å². The second-order valence-electron chi connectivity index (χ2n) is 6.47. The summed E-state index contributed by atoms with van der Waals surface area (Å²) in [6, 6.07) is 15.8. The molecule has 128 valence electrons. The molecule has 0 aliphatic carbocycles. The molecule has 24 heavy (non-hydrogen) atoms. The van der Waals surface area contributed by atoms with Crippen LogP contribution in [0.25, 0.3) is 0 Å². The van der Waals surface area contributed by atoms with Crippen molar-refractivity contribution in [1.82, 2.24) is 5.32 Å². The average molecular weight is 327 g/mol. The summed E-state index contributed by atoms with van der Waals surface area (Å²) in [5.41, 5.74) is 1.08. The number of rotatable bonds is 5. The molecule has 0 radical (unpaired) electrons. The zero-order valence-corrected chi connectivity index (χ0v) is 14.3. The van der Waals surface area contributed by atoms with Crippen molar-refractivity contribution in [3.63, 3.8) is 0 Å². The molecule has 1 heterocycles. The smallest absolute Gasteiger partial charge is 0.124 e. The van der Waals surface area contributed by atoms with Gasteiger partial charge in [0.2, 0.25) is 0 Å². The minimum atomic E-state index is -0.923. The fourth-order valence-corrected chi connectivity index (χ4v) is 3.12. The van der Waals surface area contributed by atoms with E-state index in [1.165, 1.54) is 0 Å². The molecular formula is C20H25NO3. The number of nitrogens with one attached hydrogen (secondary N) is 1. The van der Waals surface area contributed by atoms with Gasteiger partial charge in [-0.3, -0.25) is 0 Å². The average Bonchev–Trinajstić information content (AvgIpc) is 2.82. The predicted octanol–water partition coefficient (Wildman–Crippen LogP) is 3.41. The van der Waals surface area contributed by atoms with Crippen LogP contribution in [0.5, 0.6) is 11.5 Å². The minimum Gasteiger partial charge on any atom is -0.497 e. The maximum Gasteiger partial charge on any atom is 0.124 e. The summed E-state index contributed by atoms with van der Waals surface area (Å²) in [5.74, 6) is 1.71. The van der Waals surface area contributed by atoms with Crippen LogP contribution in [0.15, 0.2) is 48.5 Å². The van der Waals surface area contributed by atoms with Gasteiger partial charge in [0, 0.05) is 18.2 Å². The maximum absolute atomic E-state index is 10.8. The zero-order valence-electron chi connectivity index (χ0n) is 14.3. The summed E-state index contributed by atoms with van der Waals surface area (Å²) in [7, 11) is 1.67. The molecule has 2 aromatic rings. The van der Waals surface area contributed by atoms with E-state index in [0.717, 1.165) is 35.5 Å². The highest BCUT2D eigenvalue weighted by Crippen LogP contribution is 2.35. The molecule has 0 fully saturated rings. The molecule has 0 aromatic heterocycles. The van der Waals surface area contributed by atoms with E-state index in [2.05, 4.69) is 5.32 Å². The molecule has 3 rings (SSSR count). The van der Waals surface area contributed by atoms with Gasteiger partial charge in [0.05, 0.1) is 19.3 Å². The Labute approximate surface area is 143 Å². The lowest BCUT2D eigenvalue weighted by atomic mass is 9.94. The number of fused-ring (bicyclic) bond motifs is 1. The number of aliphatic hydroxyl groups is 1. The third-order valence-corrected chi connectivity index (χ3v) is 4.58. The van der Waals surface area contributed by atoms with Crippen LogP contribution in [-0.4, -0.2) is 25.4 Å². The molecule has 0 saturated carbocycles. The number of benzene rings is 2. The van der Waals surface area contributed by atoms with Crippen molar-refractivity contribution in [3.05, 3.63) is 59.7 Å². The topological polar surface area (TPSA) is 50.7 Å². The van der Waals surface area contributed by atoms with E-state index in [0.29, 0.717) is 13.2 Å². The Balaban J connectivity index is 1.78. The Morgan fingerprint density at radius 1 is 1.25 bits per heavy atom. The van der Waals surface area contributed by atoms with Gasteiger partial charge in [-0.05, 0) is 43.5 Å². The van der Waals surface area contributed by atoms with E-state index in [9.17, 15) is 5.11 Å². The largest absolute Gasteiger partial charge is 0.497 e. The highest BCUT2D eigenvalue weighted by atomic mass is 16.5. The van der Waals surface area contributed by atoms with E-state index in [1.807, 2.05) is 55.5 Å². The van der Waals surface area contributed by atoms with Crippen molar-refractivity contribution in [2.75, 3.05) is 20.3 Å². The van der Waals surface area contributed by atoms with Gasteiger partial charge in [-0.2, -0.15) is 0 Å². The van der Waals surface area contributed by atoms with E-state index < -0.39 is 5.60 Å². The van der Waals surface area contributed by atoms with Crippen LogP contribution in [0.3, 0.4) is 0 Å². The van der Waals surface area contributed by atoms with Gasteiger partial charge in [0.15, 0.2) is 0 Å². The molecule has 2 N–H and O–H groups in total. The molecule has 2 atom stereocenters. The summed E-state index contributed by atoms with van der Waals surface area (Å²) >= 11 is 0. The van der Waals surface area contributed by atoms with Crippen LogP contribution < -0.4 is 14.8 Å². The van der Waals surface area contributed by atoms with Crippen molar-refractivity contribution >= 4 is 0 Å². The number of ether oxygens (including phenoxy) is 2.